The summed E-state index contributed by atoms with van der Waals surface area (Å²) in [4.78, 5) is 2.68. The molecule has 1 heterocycles. The van der Waals surface area contributed by atoms with E-state index >= 15 is 0 Å². The fraction of sp³-hybridized carbons (Fsp3) is 1.00. The van der Waals surface area contributed by atoms with E-state index in [9.17, 15) is 0 Å². The van der Waals surface area contributed by atoms with Crippen LogP contribution in [-0.2, 0) is 0 Å². The minimum absolute atomic E-state index is 0.601. The molecule has 0 aliphatic carbocycles. The fourth-order valence-electron chi connectivity index (χ4n) is 2.26. The maximum Gasteiger partial charge on any atom is 0.0161 e. The van der Waals surface area contributed by atoms with Gasteiger partial charge in [-0.05, 0) is 26.3 Å². The second-order valence-electron chi connectivity index (χ2n) is 5.44. The molecule has 1 saturated heterocycles. The Morgan fingerprint density at radius 3 is 2.56 bits per heavy atom. The van der Waals surface area contributed by atoms with Crippen LogP contribution in [-0.4, -0.2) is 47.6 Å². The van der Waals surface area contributed by atoms with E-state index in [1.54, 1.807) is 0 Å². The summed E-state index contributed by atoms with van der Waals surface area (Å²) in [5, 5.41) is 3.55. The molecule has 0 spiro atoms. The van der Waals surface area contributed by atoms with Crippen molar-refractivity contribution in [3.63, 3.8) is 0 Å². The van der Waals surface area contributed by atoms with Crippen LogP contribution in [0.3, 0.4) is 0 Å². The van der Waals surface area contributed by atoms with Crippen molar-refractivity contribution in [2.75, 3.05) is 24.6 Å². The first kappa shape index (κ1) is 14.3. The van der Waals surface area contributed by atoms with E-state index in [0.29, 0.717) is 12.1 Å². The minimum Gasteiger partial charge on any atom is -0.314 e. The highest BCUT2D eigenvalue weighted by atomic mass is 32.2. The molecule has 0 radical (unpaired) electrons. The summed E-state index contributed by atoms with van der Waals surface area (Å²) in [6.07, 6.45) is 0. The lowest BCUT2D eigenvalue weighted by atomic mass is 10.0. The zero-order valence-corrected chi connectivity index (χ0v) is 12.3. The smallest absolute Gasteiger partial charge is 0.0161 e. The molecular weight excluding hydrogens is 216 g/mol. The molecule has 3 heteroatoms. The Morgan fingerprint density at radius 1 is 1.31 bits per heavy atom. The van der Waals surface area contributed by atoms with Crippen LogP contribution in [0, 0.1) is 5.92 Å². The van der Waals surface area contributed by atoms with Crippen LogP contribution < -0.4 is 5.32 Å². The predicted octanol–water partition coefficient (Wildman–Crippen LogP) is 2.45. The molecule has 0 bridgehead atoms. The molecular formula is C13H28N2S. The third-order valence-electron chi connectivity index (χ3n) is 3.61. The van der Waals surface area contributed by atoms with E-state index in [4.69, 9.17) is 0 Å². The van der Waals surface area contributed by atoms with Gasteiger partial charge in [0.25, 0.3) is 0 Å². The maximum absolute atomic E-state index is 3.55. The second-order valence-corrected chi connectivity index (χ2v) is 6.59. The van der Waals surface area contributed by atoms with E-state index in [-0.39, 0.29) is 0 Å². The fourth-order valence-corrected chi connectivity index (χ4v) is 3.30. The monoisotopic (exact) mass is 244 g/mol. The number of hydrogen-bond donors (Lipinski definition) is 1. The van der Waals surface area contributed by atoms with Crippen molar-refractivity contribution < 1.29 is 0 Å². The van der Waals surface area contributed by atoms with E-state index in [1.807, 2.05) is 0 Å². The van der Waals surface area contributed by atoms with Crippen LogP contribution in [0.5, 0.6) is 0 Å². The van der Waals surface area contributed by atoms with E-state index in [1.165, 1.54) is 18.1 Å². The lowest BCUT2D eigenvalue weighted by Crippen LogP contribution is -2.50. The molecule has 0 aromatic carbocycles. The van der Waals surface area contributed by atoms with E-state index in [2.05, 4.69) is 56.6 Å². The Hall–Kier alpha value is 0.270. The van der Waals surface area contributed by atoms with Crippen molar-refractivity contribution in [1.82, 2.24) is 10.2 Å². The highest BCUT2D eigenvalue weighted by Gasteiger charge is 2.26. The lowest BCUT2D eigenvalue weighted by molar-refractivity contribution is 0.129. The first-order valence-corrected chi connectivity index (χ1v) is 7.74. The van der Waals surface area contributed by atoms with Crippen molar-refractivity contribution in [2.45, 2.75) is 52.7 Å². The van der Waals surface area contributed by atoms with Crippen molar-refractivity contribution in [2.24, 2.45) is 5.92 Å². The Kier molecular flexibility index (Phi) is 6.16. The van der Waals surface area contributed by atoms with Gasteiger partial charge in [0, 0.05) is 36.2 Å². The van der Waals surface area contributed by atoms with Gasteiger partial charge in [-0.1, -0.05) is 20.8 Å². The Labute approximate surface area is 106 Å². The van der Waals surface area contributed by atoms with Gasteiger partial charge in [-0.2, -0.15) is 11.8 Å². The zero-order chi connectivity index (χ0) is 12.1. The largest absolute Gasteiger partial charge is 0.314 e. The first-order valence-electron chi connectivity index (χ1n) is 6.59. The SMILES string of the molecule is CC(C)NCC(C)C(C)N1CCSCC1C. The van der Waals surface area contributed by atoms with Crippen molar-refractivity contribution >= 4 is 11.8 Å². The number of thioether (sulfide) groups is 1. The molecule has 1 fully saturated rings. The van der Waals surface area contributed by atoms with Crippen LogP contribution in [0.4, 0.5) is 0 Å². The van der Waals surface area contributed by atoms with Gasteiger partial charge < -0.3 is 5.32 Å². The van der Waals surface area contributed by atoms with Crippen LogP contribution in [0.15, 0.2) is 0 Å². The van der Waals surface area contributed by atoms with Gasteiger partial charge in [-0.15, -0.1) is 0 Å². The molecule has 2 nitrogen and oxygen atoms in total. The number of nitrogens with one attached hydrogen (secondary N) is 1. The molecule has 1 rings (SSSR count). The van der Waals surface area contributed by atoms with Gasteiger partial charge in [0.2, 0.25) is 0 Å². The van der Waals surface area contributed by atoms with Crippen LogP contribution in [0.2, 0.25) is 0 Å². The van der Waals surface area contributed by atoms with E-state index in [0.717, 1.165) is 18.5 Å². The molecule has 0 aromatic rings. The van der Waals surface area contributed by atoms with Crippen molar-refractivity contribution in [3.05, 3.63) is 0 Å². The molecule has 0 saturated carbocycles. The normalized spacial score (nSPS) is 27.0. The molecule has 3 atom stereocenters. The number of rotatable bonds is 5. The molecule has 0 aromatic heterocycles. The molecule has 16 heavy (non-hydrogen) atoms. The van der Waals surface area contributed by atoms with Gasteiger partial charge in [-0.25, -0.2) is 0 Å². The topological polar surface area (TPSA) is 15.3 Å². The van der Waals surface area contributed by atoms with Crippen LogP contribution in [0.1, 0.15) is 34.6 Å². The summed E-state index contributed by atoms with van der Waals surface area (Å²) >= 11 is 2.10. The Balaban J connectivity index is 2.38. The van der Waals surface area contributed by atoms with Crippen molar-refractivity contribution in [3.8, 4) is 0 Å². The quantitative estimate of drug-likeness (QED) is 0.800. The average molecular weight is 244 g/mol. The highest BCUT2D eigenvalue weighted by molar-refractivity contribution is 7.99. The summed E-state index contributed by atoms with van der Waals surface area (Å²) in [7, 11) is 0. The summed E-state index contributed by atoms with van der Waals surface area (Å²) in [5.41, 5.74) is 0. The third-order valence-corrected chi connectivity index (χ3v) is 4.80. The van der Waals surface area contributed by atoms with Gasteiger partial charge in [0.1, 0.15) is 0 Å². The third kappa shape index (κ3) is 4.27. The molecule has 96 valence electrons. The van der Waals surface area contributed by atoms with Crippen LogP contribution >= 0.6 is 11.8 Å². The van der Waals surface area contributed by atoms with Gasteiger partial charge in [0.15, 0.2) is 0 Å². The predicted molar refractivity (Wildman–Crippen MR) is 75.3 cm³/mol. The summed E-state index contributed by atoms with van der Waals surface area (Å²) in [5.74, 6) is 3.33. The second kappa shape index (κ2) is 6.87. The van der Waals surface area contributed by atoms with E-state index < -0.39 is 0 Å². The molecule has 3 unspecified atom stereocenters. The Bertz CT molecular complexity index is 196. The highest BCUT2D eigenvalue weighted by Crippen LogP contribution is 2.21. The van der Waals surface area contributed by atoms with Gasteiger partial charge in [-0.3, -0.25) is 4.90 Å². The zero-order valence-electron chi connectivity index (χ0n) is 11.5. The molecule has 0 amide bonds. The maximum atomic E-state index is 3.55. The summed E-state index contributed by atoms with van der Waals surface area (Å²) in [6, 6.07) is 2.04. The summed E-state index contributed by atoms with van der Waals surface area (Å²) < 4.78 is 0. The first-order chi connectivity index (χ1) is 7.52. The lowest BCUT2D eigenvalue weighted by Gasteiger charge is -2.40. The average Bonchev–Trinajstić information content (AvgIpc) is 2.25. The van der Waals surface area contributed by atoms with Gasteiger partial charge in [0.05, 0.1) is 0 Å². The molecule has 1 aliphatic heterocycles. The minimum atomic E-state index is 0.601. The summed E-state index contributed by atoms with van der Waals surface area (Å²) in [6.45, 7) is 14.0. The van der Waals surface area contributed by atoms with Crippen LogP contribution in [0.25, 0.3) is 0 Å². The number of hydrogen-bond acceptors (Lipinski definition) is 3. The Morgan fingerprint density at radius 2 is 2.00 bits per heavy atom. The standard InChI is InChI=1S/C13H28N2S/c1-10(2)14-8-11(3)13(5)15-6-7-16-9-12(15)4/h10-14H,6-9H2,1-5H3. The number of nitrogens with zero attached hydrogens (tertiary/aromatic N) is 1. The molecule has 1 N–H and O–H groups in total. The van der Waals surface area contributed by atoms with Gasteiger partial charge >= 0.3 is 0 Å². The molecule has 1 aliphatic rings. The van der Waals surface area contributed by atoms with Crippen molar-refractivity contribution in [1.29, 1.82) is 0 Å².